The summed E-state index contributed by atoms with van der Waals surface area (Å²) in [6.07, 6.45) is 1.99. The van der Waals surface area contributed by atoms with Crippen LogP contribution in [0.1, 0.15) is 39.2 Å². The van der Waals surface area contributed by atoms with Gasteiger partial charge < -0.3 is 15.0 Å². The van der Waals surface area contributed by atoms with Crippen molar-refractivity contribution < 1.29 is 9.53 Å². The fraction of sp³-hybridized carbons (Fsp3) is 0.667. The summed E-state index contributed by atoms with van der Waals surface area (Å²) < 4.78 is 5.43. The molecule has 0 aromatic heterocycles. The number of benzene rings is 1. The van der Waals surface area contributed by atoms with E-state index in [0.29, 0.717) is 11.8 Å². The average molecular weight is 360 g/mol. The maximum atomic E-state index is 12.1. The number of hydrogen-bond acceptors (Lipinski definition) is 4. The van der Waals surface area contributed by atoms with E-state index in [1.807, 2.05) is 20.8 Å². The highest BCUT2D eigenvalue weighted by atomic mass is 16.6. The van der Waals surface area contributed by atoms with Gasteiger partial charge in [0.25, 0.3) is 0 Å². The highest BCUT2D eigenvalue weighted by Crippen LogP contribution is 2.38. The first kappa shape index (κ1) is 19.0. The molecule has 3 atom stereocenters. The lowest BCUT2D eigenvalue weighted by atomic mass is 9.98. The number of rotatable bonds is 4. The number of alkyl carbamates (subject to hydrolysis) is 1. The van der Waals surface area contributed by atoms with Crippen molar-refractivity contribution in [3.8, 4) is 0 Å². The SMILES string of the molecule is CN(C)c1ccc(CN2C[C@@H]3CC[C@@H](NC(=O)OC(C)(C)C)[C@H]3C2)cc1. The van der Waals surface area contributed by atoms with E-state index in [0.717, 1.165) is 26.1 Å². The highest BCUT2D eigenvalue weighted by Gasteiger charge is 2.43. The van der Waals surface area contributed by atoms with Gasteiger partial charge in [-0.1, -0.05) is 12.1 Å². The van der Waals surface area contributed by atoms with E-state index in [2.05, 4.69) is 53.5 Å². The first-order chi connectivity index (χ1) is 12.2. The van der Waals surface area contributed by atoms with Gasteiger partial charge in [-0.05, 0) is 63.1 Å². The molecule has 144 valence electrons. The Morgan fingerprint density at radius 2 is 1.88 bits per heavy atom. The average Bonchev–Trinajstić information content (AvgIpc) is 3.07. The molecule has 1 N–H and O–H groups in total. The van der Waals surface area contributed by atoms with Gasteiger partial charge in [-0.15, -0.1) is 0 Å². The Morgan fingerprint density at radius 3 is 2.50 bits per heavy atom. The van der Waals surface area contributed by atoms with E-state index < -0.39 is 5.60 Å². The van der Waals surface area contributed by atoms with Crippen molar-refractivity contribution in [2.45, 2.75) is 51.8 Å². The van der Waals surface area contributed by atoms with Crippen LogP contribution in [0.15, 0.2) is 24.3 Å². The van der Waals surface area contributed by atoms with E-state index in [4.69, 9.17) is 4.74 Å². The number of fused-ring (bicyclic) bond motifs is 1. The second-order valence-corrected chi connectivity index (χ2v) is 9.01. The third-order valence-corrected chi connectivity index (χ3v) is 5.49. The number of likely N-dealkylation sites (tertiary alicyclic amines) is 1. The molecule has 0 radical (unpaired) electrons. The monoisotopic (exact) mass is 359 g/mol. The summed E-state index contributed by atoms with van der Waals surface area (Å²) in [4.78, 5) is 16.8. The topological polar surface area (TPSA) is 44.8 Å². The maximum Gasteiger partial charge on any atom is 0.407 e. The van der Waals surface area contributed by atoms with Crippen LogP contribution in [0.3, 0.4) is 0 Å². The van der Waals surface area contributed by atoms with Crippen molar-refractivity contribution in [1.29, 1.82) is 0 Å². The minimum Gasteiger partial charge on any atom is -0.444 e. The van der Waals surface area contributed by atoms with Gasteiger partial charge in [-0.25, -0.2) is 4.79 Å². The van der Waals surface area contributed by atoms with Gasteiger partial charge in [0.15, 0.2) is 0 Å². The van der Waals surface area contributed by atoms with Crippen LogP contribution in [0.2, 0.25) is 0 Å². The predicted octanol–water partition coefficient (Wildman–Crippen LogP) is 3.49. The number of nitrogens with one attached hydrogen (secondary N) is 1. The number of anilines is 1. The first-order valence-corrected chi connectivity index (χ1v) is 9.69. The second kappa shape index (κ2) is 7.47. The Labute approximate surface area is 157 Å². The zero-order valence-corrected chi connectivity index (χ0v) is 16.8. The van der Waals surface area contributed by atoms with Gasteiger partial charge in [0.05, 0.1) is 0 Å². The number of hydrogen-bond donors (Lipinski definition) is 1. The molecule has 0 unspecified atom stereocenters. The van der Waals surface area contributed by atoms with Gasteiger partial charge in [0.2, 0.25) is 0 Å². The summed E-state index contributed by atoms with van der Waals surface area (Å²) in [5.74, 6) is 1.24. The van der Waals surface area contributed by atoms with Crippen molar-refractivity contribution in [3.63, 3.8) is 0 Å². The minimum absolute atomic E-state index is 0.246. The molecule has 26 heavy (non-hydrogen) atoms. The van der Waals surface area contributed by atoms with Crippen LogP contribution in [0.4, 0.5) is 10.5 Å². The molecule has 1 saturated heterocycles. The Morgan fingerprint density at radius 1 is 1.19 bits per heavy atom. The number of amides is 1. The van der Waals surface area contributed by atoms with Crippen LogP contribution in [0.25, 0.3) is 0 Å². The van der Waals surface area contributed by atoms with E-state index in [9.17, 15) is 4.79 Å². The van der Waals surface area contributed by atoms with E-state index in [1.54, 1.807) is 0 Å². The lowest BCUT2D eigenvalue weighted by Crippen LogP contribution is -2.42. The largest absolute Gasteiger partial charge is 0.444 e. The number of nitrogens with zero attached hydrogens (tertiary/aromatic N) is 2. The molecule has 1 aliphatic carbocycles. The lowest BCUT2D eigenvalue weighted by Gasteiger charge is -2.25. The Balaban J connectivity index is 1.53. The Hall–Kier alpha value is -1.75. The van der Waals surface area contributed by atoms with Crippen LogP contribution >= 0.6 is 0 Å². The molecule has 5 nitrogen and oxygen atoms in total. The lowest BCUT2D eigenvalue weighted by molar-refractivity contribution is 0.0491. The molecule has 3 rings (SSSR count). The molecule has 2 aliphatic rings. The molecule has 1 aliphatic heterocycles. The van der Waals surface area contributed by atoms with Crippen LogP contribution in [-0.2, 0) is 11.3 Å². The molecular formula is C21H33N3O2. The third-order valence-electron chi connectivity index (χ3n) is 5.49. The van der Waals surface area contributed by atoms with Gasteiger partial charge in [-0.2, -0.15) is 0 Å². The maximum absolute atomic E-state index is 12.1. The van der Waals surface area contributed by atoms with E-state index >= 15 is 0 Å². The molecule has 1 saturated carbocycles. The van der Waals surface area contributed by atoms with Gasteiger partial charge in [0.1, 0.15) is 5.60 Å². The number of carbonyl (C=O) groups excluding carboxylic acids is 1. The molecule has 2 fully saturated rings. The molecule has 0 bridgehead atoms. The second-order valence-electron chi connectivity index (χ2n) is 9.01. The number of ether oxygens (including phenoxy) is 1. The zero-order valence-electron chi connectivity index (χ0n) is 16.8. The van der Waals surface area contributed by atoms with E-state index in [-0.39, 0.29) is 12.1 Å². The highest BCUT2D eigenvalue weighted by molar-refractivity contribution is 5.68. The summed E-state index contributed by atoms with van der Waals surface area (Å²) >= 11 is 0. The molecule has 1 aromatic carbocycles. The smallest absolute Gasteiger partial charge is 0.407 e. The quantitative estimate of drug-likeness (QED) is 0.894. The Kier molecular flexibility index (Phi) is 5.47. The van der Waals surface area contributed by atoms with Gasteiger partial charge in [-0.3, -0.25) is 4.90 Å². The van der Waals surface area contributed by atoms with Crippen LogP contribution in [-0.4, -0.2) is 49.8 Å². The Bertz CT molecular complexity index is 621. The van der Waals surface area contributed by atoms with Crippen LogP contribution in [0, 0.1) is 11.8 Å². The summed E-state index contributed by atoms with van der Waals surface area (Å²) in [7, 11) is 4.13. The first-order valence-electron chi connectivity index (χ1n) is 9.69. The van der Waals surface area contributed by atoms with Crippen molar-refractivity contribution in [2.24, 2.45) is 11.8 Å². The standard InChI is InChI=1S/C21H33N3O2/c1-21(2,3)26-20(25)22-19-11-8-16-13-24(14-18(16)19)12-15-6-9-17(10-7-15)23(4)5/h6-7,9-10,16,18-19H,8,11-14H2,1-5H3,(H,22,25)/t16-,18-,19+/m0/s1. The molecule has 1 aromatic rings. The van der Waals surface area contributed by atoms with Crippen molar-refractivity contribution in [2.75, 3.05) is 32.1 Å². The normalized spacial score (nSPS) is 25.8. The van der Waals surface area contributed by atoms with Crippen molar-refractivity contribution >= 4 is 11.8 Å². The summed E-state index contributed by atoms with van der Waals surface area (Å²) in [6.45, 7) is 8.89. The fourth-order valence-corrected chi connectivity index (χ4v) is 4.28. The molecular weight excluding hydrogens is 326 g/mol. The molecule has 5 heteroatoms. The minimum atomic E-state index is -0.442. The van der Waals surface area contributed by atoms with Gasteiger partial charge >= 0.3 is 6.09 Å². The number of carbonyl (C=O) groups is 1. The van der Waals surface area contributed by atoms with Crippen molar-refractivity contribution in [3.05, 3.63) is 29.8 Å². The van der Waals surface area contributed by atoms with Gasteiger partial charge in [0, 0.05) is 45.5 Å². The van der Waals surface area contributed by atoms with Crippen molar-refractivity contribution in [1.82, 2.24) is 10.2 Å². The molecule has 0 spiro atoms. The predicted molar refractivity (Wildman–Crippen MR) is 105 cm³/mol. The van der Waals surface area contributed by atoms with E-state index in [1.165, 1.54) is 17.7 Å². The third kappa shape index (κ3) is 4.70. The summed E-state index contributed by atoms with van der Waals surface area (Å²) in [5, 5.41) is 3.12. The summed E-state index contributed by atoms with van der Waals surface area (Å²) in [5.41, 5.74) is 2.14. The molecule has 1 amide bonds. The summed E-state index contributed by atoms with van der Waals surface area (Å²) in [6, 6.07) is 9.05. The fourth-order valence-electron chi connectivity index (χ4n) is 4.28. The van der Waals surface area contributed by atoms with Crippen LogP contribution < -0.4 is 10.2 Å². The molecule has 1 heterocycles. The zero-order chi connectivity index (χ0) is 18.9. The van der Waals surface area contributed by atoms with Crippen LogP contribution in [0.5, 0.6) is 0 Å².